The van der Waals surface area contributed by atoms with Gasteiger partial charge in [-0.05, 0) is 35.9 Å². The van der Waals surface area contributed by atoms with Gasteiger partial charge in [0.25, 0.3) is 0 Å². The molecule has 138 valence electrons. The Bertz CT molecular complexity index is 1300. The highest BCUT2D eigenvalue weighted by Gasteiger charge is 2.25. The number of aromatic carboxylic acids is 2. The first kappa shape index (κ1) is 17.3. The number of carbonyl (C=O) groups is 2. The van der Waals surface area contributed by atoms with E-state index in [1.807, 2.05) is 0 Å². The van der Waals surface area contributed by atoms with Crippen molar-refractivity contribution in [3.05, 3.63) is 75.9 Å². The van der Waals surface area contributed by atoms with Gasteiger partial charge in [0.1, 0.15) is 17.1 Å². The predicted octanol–water partition coefficient (Wildman–Crippen LogP) is 3.67. The van der Waals surface area contributed by atoms with E-state index in [2.05, 4.69) is 0 Å². The van der Waals surface area contributed by atoms with Crippen molar-refractivity contribution in [3.63, 3.8) is 0 Å². The van der Waals surface area contributed by atoms with Gasteiger partial charge < -0.3 is 19.7 Å². The number of rotatable bonds is 3. The van der Waals surface area contributed by atoms with Crippen LogP contribution in [-0.2, 0) is 0 Å². The summed E-state index contributed by atoms with van der Waals surface area (Å²) in [6.45, 7) is 0. The van der Waals surface area contributed by atoms with Crippen LogP contribution in [0.3, 0.4) is 0 Å². The molecule has 0 spiro atoms. The molecule has 28 heavy (non-hydrogen) atoms. The van der Waals surface area contributed by atoms with Gasteiger partial charge >= 0.3 is 11.9 Å². The number of hydrogen-bond acceptors (Lipinski definition) is 5. The zero-order valence-electron chi connectivity index (χ0n) is 14.2. The van der Waals surface area contributed by atoms with Gasteiger partial charge in [0.05, 0.1) is 11.1 Å². The quantitative estimate of drug-likeness (QED) is 0.466. The molecular formula is C21H12O7. The van der Waals surface area contributed by atoms with Gasteiger partial charge in [-0.1, -0.05) is 12.1 Å². The van der Waals surface area contributed by atoms with Crippen molar-refractivity contribution in [1.29, 1.82) is 0 Å². The van der Waals surface area contributed by atoms with Crippen LogP contribution >= 0.6 is 0 Å². The third-order valence-electron chi connectivity index (χ3n) is 4.45. The average molecular weight is 376 g/mol. The summed E-state index contributed by atoms with van der Waals surface area (Å²) in [6.07, 6.45) is 0. The second-order valence-corrected chi connectivity index (χ2v) is 6.15. The zero-order valence-corrected chi connectivity index (χ0v) is 14.2. The number of hydrogen-bond donors (Lipinski definition) is 3. The Balaban J connectivity index is 2.23. The summed E-state index contributed by atoms with van der Waals surface area (Å²) in [5, 5.41) is 29.4. The smallest absolute Gasteiger partial charge is 0.337 e. The summed E-state index contributed by atoms with van der Waals surface area (Å²) in [6, 6.07) is 12.5. The minimum atomic E-state index is -1.39. The maximum absolute atomic E-state index is 11.9. The second kappa shape index (κ2) is 6.24. The van der Waals surface area contributed by atoms with E-state index in [0.29, 0.717) is 16.5 Å². The molecule has 2 aliphatic rings. The lowest BCUT2D eigenvalue weighted by molar-refractivity contribution is 0.0652. The van der Waals surface area contributed by atoms with Crippen LogP contribution in [-0.4, -0.2) is 27.3 Å². The fraction of sp³-hybridized carbons (Fsp3) is 0. The molecule has 0 radical (unpaired) electrons. The highest BCUT2D eigenvalue weighted by Crippen LogP contribution is 2.42. The topological polar surface area (TPSA) is 125 Å². The van der Waals surface area contributed by atoms with Gasteiger partial charge in [0.15, 0.2) is 5.43 Å². The maximum atomic E-state index is 11.9. The van der Waals surface area contributed by atoms with Crippen molar-refractivity contribution >= 4 is 22.9 Å². The Morgan fingerprint density at radius 1 is 0.857 bits per heavy atom. The number of benzene rings is 3. The summed E-state index contributed by atoms with van der Waals surface area (Å²) >= 11 is 0. The van der Waals surface area contributed by atoms with E-state index in [1.54, 1.807) is 6.07 Å². The van der Waals surface area contributed by atoms with Crippen molar-refractivity contribution in [2.45, 2.75) is 0 Å². The van der Waals surface area contributed by atoms with Crippen LogP contribution in [0.25, 0.3) is 33.4 Å². The predicted molar refractivity (Wildman–Crippen MR) is 100 cm³/mol. The van der Waals surface area contributed by atoms with E-state index in [0.717, 1.165) is 0 Å². The van der Waals surface area contributed by atoms with Crippen LogP contribution < -0.4 is 5.43 Å². The summed E-state index contributed by atoms with van der Waals surface area (Å²) in [4.78, 5) is 35.3. The van der Waals surface area contributed by atoms with Crippen molar-refractivity contribution in [2.24, 2.45) is 0 Å². The number of fused-ring (bicyclic) bond motifs is 2. The van der Waals surface area contributed by atoms with Crippen molar-refractivity contribution in [2.75, 3.05) is 0 Å². The van der Waals surface area contributed by atoms with E-state index < -0.39 is 11.9 Å². The van der Waals surface area contributed by atoms with E-state index >= 15 is 0 Å². The number of aromatic hydroxyl groups is 1. The summed E-state index contributed by atoms with van der Waals surface area (Å²) in [7, 11) is 0. The Labute approximate surface area is 157 Å². The van der Waals surface area contributed by atoms with Crippen LogP contribution in [0.5, 0.6) is 5.75 Å². The normalized spacial score (nSPS) is 11.0. The van der Waals surface area contributed by atoms with Crippen LogP contribution in [0.2, 0.25) is 0 Å². The van der Waals surface area contributed by atoms with E-state index in [4.69, 9.17) is 4.42 Å². The molecule has 7 nitrogen and oxygen atoms in total. The number of carboxylic acids is 2. The Morgan fingerprint density at radius 2 is 1.64 bits per heavy atom. The lowest BCUT2D eigenvalue weighted by atomic mass is 9.89. The van der Waals surface area contributed by atoms with E-state index in [9.17, 15) is 29.7 Å². The van der Waals surface area contributed by atoms with Gasteiger partial charge in [0.2, 0.25) is 0 Å². The first-order valence-electron chi connectivity index (χ1n) is 8.16. The molecule has 1 aliphatic heterocycles. The van der Waals surface area contributed by atoms with E-state index in [1.165, 1.54) is 48.5 Å². The van der Waals surface area contributed by atoms with Gasteiger partial charge in [-0.15, -0.1) is 0 Å². The summed E-state index contributed by atoms with van der Waals surface area (Å²) in [5.41, 5.74) is 0.209. The lowest BCUT2D eigenvalue weighted by Crippen LogP contribution is -2.10. The molecule has 2 aromatic carbocycles. The Hall–Kier alpha value is -4.13. The van der Waals surface area contributed by atoms with Gasteiger partial charge in [-0.3, -0.25) is 4.79 Å². The fourth-order valence-corrected chi connectivity index (χ4v) is 3.32. The van der Waals surface area contributed by atoms with Crippen molar-refractivity contribution < 1.29 is 29.3 Å². The molecule has 0 amide bonds. The fourth-order valence-electron chi connectivity index (χ4n) is 3.32. The SMILES string of the molecule is O=C(O)c1cccc(-c2c3ccc(=O)cc-3oc3cc(O)ccc23)c1C(=O)O. The number of phenols is 1. The monoisotopic (exact) mass is 376 g/mol. The standard InChI is InChI=1S/C21H12O7/c22-10-4-6-12-16(8-10)28-17-9-11(23)5-7-13(17)18(12)14-2-1-3-15(20(24)25)19(14)21(26)27/h1-9,22H,(H,24,25)(H,26,27). The Kier molecular flexibility index (Phi) is 3.85. The Morgan fingerprint density at radius 3 is 2.36 bits per heavy atom. The van der Waals surface area contributed by atoms with Gasteiger partial charge in [-0.2, -0.15) is 0 Å². The van der Waals surface area contributed by atoms with Gasteiger partial charge in [0, 0.05) is 28.6 Å². The van der Waals surface area contributed by atoms with Gasteiger partial charge in [-0.25, -0.2) is 9.59 Å². The third kappa shape index (κ3) is 2.66. The largest absolute Gasteiger partial charge is 0.508 e. The van der Waals surface area contributed by atoms with E-state index in [-0.39, 0.29) is 39.2 Å². The molecule has 0 unspecified atom stereocenters. The van der Waals surface area contributed by atoms with Crippen LogP contribution in [0.4, 0.5) is 0 Å². The molecule has 0 saturated carbocycles. The first-order valence-corrected chi connectivity index (χ1v) is 8.16. The molecule has 7 heteroatoms. The molecule has 1 heterocycles. The van der Waals surface area contributed by atoms with Crippen molar-refractivity contribution in [1.82, 2.24) is 0 Å². The highest BCUT2D eigenvalue weighted by atomic mass is 16.4. The minimum Gasteiger partial charge on any atom is -0.508 e. The molecule has 4 rings (SSSR count). The second-order valence-electron chi connectivity index (χ2n) is 6.15. The molecule has 0 bridgehead atoms. The van der Waals surface area contributed by atoms with Crippen LogP contribution in [0.15, 0.2) is 63.8 Å². The molecule has 1 aliphatic carbocycles. The van der Waals surface area contributed by atoms with Crippen molar-refractivity contribution in [3.8, 4) is 28.2 Å². The van der Waals surface area contributed by atoms with Crippen LogP contribution in [0, 0.1) is 0 Å². The molecule has 2 aromatic rings. The zero-order chi connectivity index (χ0) is 20.0. The number of carboxylic acid groups (broad SMARTS) is 2. The molecule has 0 aromatic heterocycles. The lowest BCUT2D eigenvalue weighted by Gasteiger charge is -2.17. The molecule has 3 N–H and O–H groups in total. The molecule has 0 saturated heterocycles. The summed E-state index contributed by atoms with van der Waals surface area (Å²) < 4.78 is 5.72. The van der Waals surface area contributed by atoms with Crippen LogP contribution in [0.1, 0.15) is 20.7 Å². The molecular weight excluding hydrogens is 364 g/mol. The summed E-state index contributed by atoms with van der Waals surface area (Å²) in [5.74, 6) is -2.64. The molecule has 0 fully saturated rings. The average Bonchev–Trinajstić information content (AvgIpc) is 2.65. The highest BCUT2D eigenvalue weighted by molar-refractivity contribution is 6.11. The molecule has 0 atom stereocenters. The first-order chi connectivity index (χ1) is 13.4. The third-order valence-corrected chi connectivity index (χ3v) is 4.45. The number of phenolic OH excluding ortho intramolecular Hbond substituents is 1. The minimum absolute atomic E-state index is 0.0717. The maximum Gasteiger partial charge on any atom is 0.337 e.